The predicted molar refractivity (Wildman–Crippen MR) is 130 cm³/mol. The molecule has 0 aliphatic heterocycles. The topological polar surface area (TPSA) is 119 Å². The molecular weight excluding hydrogens is 436 g/mol. The number of hydrogen-bond donors (Lipinski definition) is 3. The molecule has 0 aliphatic rings. The van der Waals surface area contributed by atoms with Crippen LogP contribution in [0.5, 0.6) is 0 Å². The number of esters is 1. The third-order valence-corrected chi connectivity index (χ3v) is 5.69. The number of hydrogen-bond acceptors (Lipinski definition) is 7. The van der Waals surface area contributed by atoms with Crippen molar-refractivity contribution in [2.45, 2.75) is 65.5 Å². The number of nitrogens with one attached hydrogen (secondary N) is 1. The molecule has 9 heteroatoms. The number of carbonyl (C=O) groups excluding carboxylic acids is 1. The van der Waals surface area contributed by atoms with Gasteiger partial charge in [0.15, 0.2) is 0 Å². The summed E-state index contributed by atoms with van der Waals surface area (Å²) in [7, 11) is 1.70. The molecule has 0 radical (unpaired) electrons. The van der Waals surface area contributed by atoms with Crippen LogP contribution in [0, 0.1) is 6.92 Å². The highest BCUT2D eigenvalue weighted by Crippen LogP contribution is 2.29. The number of pyridine rings is 1. The van der Waals surface area contributed by atoms with Gasteiger partial charge in [0.1, 0.15) is 11.9 Å². The molecule has 0 spiro atoms. The van der Waals surface area contributed by atoms with Crippen molar-refractivity contribution >= 4 is 17.0 Å². The maximum atomic E-state index is 12.3. The van der Waals surface area contributed by atoms with Gasteiger partial charge in [-0.2, -0.15) is 0 Å². The van der Waals surface area contributed by atoms with Crippen LogP contribution in [0.1, 0.15) is 44.9 Å². The summed E-state index contributed by atoms with van der Waals surface area (Å²) >= 11 is 0. The van der Waals surface area contributed by atoms with Gasteiger partial charge in [0.25, 0.3) is 5.56 Å². The molecule has 3 N–H and O–H groups in total. The van der Waals surface area contributed by atoms with Crippen LogP contribution in [0.2, 0.25) is 0 Å². The van der Waals surface area contributed by atoms with Crippen molar-refractivity contribution in [3.05, 3.63) is 51.9 Å². The van der Waals surface area contributed by atoms with Gasteiger partial charge in [-0.05, 0) is 58.4 Å². The van der Waals surface area contributed by atoms with Crippen LogP contribution in [0.15, 0.2) is 35.3 Å². The van der Waals surface area contributed by atoms with Crippen LogP contribution in [-0.2, 0) is 23.1 Å². The Morgan fingerprint density at radius 3 is 2.50 bits per heavy atom. The molecule has 3 aromatic rings. The standard InChI is InChI=1S/C25H34N4O5/c1-14(2)34-25(33)22(17(5)31)26-11-18-7-8-21-20(10-18)27-23(29(21)16(4)13-30)19-9-15(3)24(32)28(6)12-19/h7-10,12,14,16-17,22,26,30-31H,11,13H2,1-6H3/t16-,17?,22?/m0/s1. The minimum atomic E-state index is -0.917. The van der Waals surface area contributed by atoms with Crippen molar-refractivity contribution in [3.8, 4) is 11.4 Å². The van der Waals surface area contributed by atoms with Gasteiger partial charge in [-0.25, -0.2) is 4.98 Å². The van der Waals surface area contributed by atoms with Crippen LogP contribution < -0.4 is 10.9 Å². The van der Waals surface area contributed by atoms with E-state index in [-0.39, 0.29) is 24.3 Å². The molecule has 3 atom stereocenters. The zero-order valence-corrected chi connectivity index (χ0v) is 20.6. The van der Waals surface area contributed by atoms with Gasteiger partial charge in [-0.3, -0.25) is 14.9 Å². The van der Waals surface area contributed by atoms with E-state index >= 15 is 0 Å². The van der Waals surface area contributed by atoms with Gasteiger partial charge >= 0.3 is 5.97 Å². The second-order valence-corrected chi connectivity index (χ2v) is 9.07. The molecule has 2 unspecified atom stereocenters. The van der Waals surface area contributed by atoms with Crippen LogP contribution in [0.3, 0.4) is 0 Å². The van der Waals surface area contributed by atoms with Crippen molar-refractivity contribution in [1.29, 1.82) is 0 Å². The Hall–Kier alpha value is -3.01. The summed E-state index contributed by atoms with van der Waals surface area (Å²) in [6, 6.07) is 6.48. The van der Waals surface area contributed by atoms with E-state index in [1.807, 2.05) is 29.7 Å². The lowest BCUT2D eigenvalue weighted by Crippen LogP contribution is -2.46. The third kappa shape index (κ3) is 5.38. The summed E-state index contributed by atoms with van der Waals surface area (Å²) in [5.74, 6) is 0.155. The maximum absolute atomic E-state index is 12.3. The molecule has 0 aliphatic carbocycles. The molecule has 0 saturated carbocycles. The molecule has 0 saturated heterocycles. The summed E-state index contributed by atoms with van der Waals surface area (Å²) in [4.78, 5) is 29.3. The van der Waals surface area contributed by atoms with Crippen molar-refractivity contribution in [2.24, 2.45) is 7.05 Å². The number of fused-ring (bicyclic) bond motifs is 1. The summed E-state index contributed by atoms with van der Waals surface area (Å²) < 4.78 is 8.73. The molecule has 0 fully saturated rings. The number of rotatable bonds is 9. The quantitative estimate of drug-likeness (QED) is 0.410. The molecule has 3 rings (SSSR count). The number of imidazole rings is 1. The maximum Gasteiger partial charge on any atom is 0.326 e. The molecule has 2 heterocycles. The summed E-state index contributed by atoms with van der Waals surface area (Å²) in [6.07, 6.45) is 0.552. The van der Waals surface area contributed by atoms with Crippen molar-refractivity contribution in [1.82, 2.24) is 19.4 Å². The minimum Gasteiger partial charge on any atom is -0.462 e. The molecule has 2 aromatic heterocycles. The lowest BCUT2D eigenvalue weighted by Gasteiger charge is -2.21. The van der Waals surface area contributed by atoms with Gasteiger partial charge in [0, 0.05) is 30.9 Å². The normalized spacial score (nSPS) is 14.4. The number of benzene rings is 1. The first-order chi connectivity index (χ1) is 16.0. The molecule has 1 aromatic carbocycles. The third-order valence-electron chi connectivity index (χ3n) is 5.69. The first-order valence-corrected chi connectivity index (χ1v) is 11.4. The monoisotopic (exact) mass is 470 g/mol. The predicted octanol–water partition coefficient (Wildman–Crippen LogP) is 2.05. The van der Waals surface area contributed by atoms with E-state index < -0.39 is 18.1 Å². The Labute approximate surface area is 199 Å². The van der Waals surface area contributed by atoms with Gasteiger partial charge in [0.2, 0.25) is 0 Å². The van der Waals surface area contributed by atoms with E-state index in [0.29, 0.717) is 17.9 Å². The average Bonchev–Trinajstić information content (AvgIpc) is 3.14. The number of aliphatic hydroxyl groups excluding tert-OH is 2. The van der Waals surface area contributed by atoms with E-state index in [4.69, 9.17) is 9.72 Å². The Morgan fingerprint density at radius 1 is 1.21 bits per heavy atom. The van der Waals surface area contributed by atoms with E-state index in [1.54, 1.807) is 47.0 Å². The number of nitrogens with zero attached hydrogens (tertiary/aromatic N) is 3. The zero-order chi connectivity index (χ0) is 25.2. The first kappa shape index (κ1) is 25.6. The summed E-state index contributed by atoms with van der Waals surface area (Å²) in [5, 5.41) is 23.0. The van der Waals surface area contributed by atoms with E-state index in [2.05, 4.69) is 5.32 Å². The molecule has 34 heavy (non-hydrogen) atoms. The second kappa shape index (κ2) is 10.5. The Balaban J connectivity index is 1.98. The fourth-order valence-electron chi connectivity index (χ4n) is 3.97. The van der Waals surface area contributed by atoms with Crippen LogP contribution in [-0.4, -0.2) is 55.2 Å². The second-order valence-electron chi connectivity index (χ2n) is 9.07. The lowest BCUT2D eigenvalue weighted by atomic mass is 10.1. The number of aliphatic hydroxyl groups is 2. The number of ether oxygens (including phenoxy) is 1. The lowest BCUT2D eigenvalue weighted by molar-refractivity contribution is -0.152. The van der Waals surface area contributed by atoms with E-state index in [1.165, 1.54) is 4.57 Å². The highest BCUT2D eigenvalue weighted by atomic mass is 16.5. The molecule has 9 nitrogen and oxygen atoms in total. The molecule has 184 valence electrons. The van der Waals surface area contributed by atoms with E-state index in [0.717, 1.165) is 22.2 Å². The van der Waals surface area contributed by atoms with Gasteiger partial charge in [-0.15, -0.1) is 0 Å². The fraction of sp³-hybridized carbons (Fsp3) is 0.480. The van der Waals surface area contributed by atoms with Crippen molar-refractivity contribution < 1.29 is 19.7 Å². The van der Waals surface area contributed by atoms with Gasteiger partial charge in [-0.1, -0.05) is 6.07 Å². The summed E-state index contributed by atoms with van der Waals surface area (Å²) in [6.45, 7) is 9.00. The Kier molecular flexibility index (Phi) is 7.91. The van der Waals surface area contributed by atoms with Crippen molar-refractivity contribution in [3.63, 3.8) is 0 Å². The average molecular weight is 471 g/mol. The minimum absolute atomic E-state index is 0.0689. The van der Waals surface area contributed by atoms with E-state index in [9.17, 15) is 19.8 Å². The SMILES string of the molecule is Cc1cc(-c2nc3cc(CNC(C(=O)OC(C)C)C(C)O)ccc3n2[C@@H](C)CO)cn(C)c1=O. The first-order valence-electron chi connectivity index (χ1n) is 11.4. The summed E-state index contributed by atoms with van der Waals surface area (Å²) in [5.41, 5.74) is 3.76. The van der Waals surface area contributed by atoms with Crippen LogP contribution >= 0.6 is 0 Å². The van der Waals surface area contributed by atoms with Crippen LogP contribution in [0.4, 0.5) is 0 Å². The van der Waals surface area contributed by atoms with Gasteiger partial charge in [0.05, 0.1) is 35.9 Å². The van der Waals surface area contributed by atoms with Gasteiger partial charge < -0.3 is 24.1 Å². The van der Waals surface area contributed by atoms with Crippen LogP contribution in [0.25, 0.3) is 22.4 Å². The van der Waals surface area contributed by atoms with Crippen molar-refractivity contribution in [2.75, 3.05) is 6.61 Å². The largest absolute Gasteiger partial charge is 0.462 e. The fourth-order valence-corrected chi connectivity index (χ4v) is 3.97. The number of aromatic nitrogens is 3. The Morgan fingerprint density at radius 2 is 1.91 bits per heavy atom. The highest BCUT2D eigenvalue weighted by Gasteiger charge is 2.26. The molecule has 0 bridgehead atoms. The Bertz CT molecular complexity index is 1200. The molecular formula is C25H34N4O5. The number of aryl methyl sites for hydroxylation is 2. The number of carbonyl (C=O) groups is 1. The molecule has 0 amide bonds. The highest BCUT2D eigenvalue weighted by molar-refractivity contribution is 5.81. The zero-order valence-electron chi connectivity index (χ0n) is 20.6. The smallest absolute Gasteiger partial charge is 0.326 e.